The normalized spacial score (nSPS) is 11.0. The second-order valence-corrected chi connectivity index (χ2v) is 8.57. The maximum atomic E-state index is 14.2. The number of benzene rings is 2. The third-order valence-corrected chi connectivity index (χ3v) is 5.72. The summed E-state index contributed by atoms with van der Waals surface area (Å²) in [5, 5.41) is 11.3. The van der Waals surface area contributed by atoms with Crippen LogP contribution in [-0.4, -0.2) is 20.8 Å². The number of hydrogen-bond acceptors (Lipinski definition) is 5. The molecule has 0 atom stereocenters. The molecule has 0 saturated carbocycles. The summed E-state index contributed by atoms with van der Waals surface area (Å²) in [6.45, 7) is 7.77. The molecule has 0 fully saturated rings. The van der Waals surface area contributed by atoms with E-state index in [2.05, 4.69) is 21.6 Å². The molecular weight excluding hydrogens is 459 g/mol. The Kier molecular flexibility index (Phi) is 6.70. The van der Waals surface area contributed by atoms with E-state index in [0.717, 1.165) is 16.8 Å². The Morgan fingerprint density at radius 2 is 1.85 bits per heavy atom. The predicted molar refractivity (Wildman–Crippen MR) is 127 cm³/mol. The number of hydrogen-bond donors (Lipinski definition) is 1. The monoisotopic (exact) mass is 482 g/mol. The number of rotatable bonds is 7. The van der Waals surface area contributed by atoms with Gasteiger partial charge in [0.05, 0.1) is 12.1 Å². The first-order valence-corrected chi connectivity index (χ1v) is 11.0. The third-order valence-electron chi connectivity index (χ3n) is 5.37. The van der Waals surface area contributed by atoms with E-state index in [0.29, 0.717) is 33.5 Å². The Labute approximate surface area is 201 Å². The maximum absolute atomic E-state index is 14.2. The van der Waals surface area contributed by atoms with Crippen LogP contribution in [0.1, 0.15) is 44.2 Å². The smallest absolute Gasteiger partial charge is 0.279 e. The van der Waals surface area contributed by atoms with Gasteiger partial charge in [-0.15, -0.1) is 0 Å². The van der Waals surface area contributed by atoms with Gasteiger partial charge in [0.2, 0.25) is 0 Å². The molecule has 0 aliphatic rings. The highest BCUT2D eigenvalue weighted by atomic mass is 35.5. The van der Waals surface area contributed by atoms with Gasteiger partial charge in [-0.1, -0.05) is 28.9 Å². The predicted octanol–water partition coefficient (Wildman–Crippen LogP) is 5.78. The summed E-state index contributed by atoms with van der Waals surface area (Å²) >= 11 is 6.13. The lowest BCUT2D eigenvalue weighted by Crippen LogP contribution is -2.16. The lowest BCUT2D eigenvalue weighted by molar-refractivity contribution is 0.101. The van der Waals surface area contributed by atoms with E-state index in [-0.39, 0.29) is 18.8 Å². The summed E-state index contributed by atoms with van der Waals surface area (Å²) in [6, 6.07) is 12.1. The van der Waals surface area contributed by atoms with Crippen molar-refractivity contribution in [3.8, 4) is 5.75 Å². The number of aryl methyl sites for hydroxylation is 4. The molecule has 0 radical (unpaired) electrons. The zero-order valence-electron chi connectivity index (χ0n) is 19.3. The van der Waals surface area contributed by atoms with Crippen molar-refractivity contribution in [2.45, 2.75) is 40.8 Å². The minimum atomic E-state index is -0.482. The molecule has 9 heteroatoms. The highest BCUT2D eigenvalue weighted by Gasteiger charge is 2.22. The molecule has 2 aromatic carbocycles. The topological polar surface area (TPSA) is 82.2 Å². The van der Waals surface area contributed by atoms with Crippen LogP contribution in [0.2, 0.25) is 5.02 Å². The van der Waals surface area contributed by atoms with Crippen molar-refractivity contribution >= 4 is 23.3 Å². The Hall–Kier alpha value is -3.65. The fourth-order valence-electron chi connectivity index (χ4n) is 3.65. The molecule has 7 nitrogen and oxygen atoms in total. The van der Waals surface area contributed by atoms with Crippen molar-refractivity contribution in [2.75, 3.05) is 5.32 Å². The van der Waals surface area contributed by atoms with E-state index in [9.17, 15) is 9.18 Å². The summed E-state index contributed by atoms with van der Waals surface area (Å²) in [5.41, 5.74) is 3.88. The minimum Gasteiger partial charge on any atom is -0.489 e. The van der Waals surface area contributed by atoms with Crippen LogP contribution in [0.4, 0.5) is 10.2 Å². The van der Waals surface area contributed by atoms with Gasteiger partial charge in [0.1, 0.15) is 23.9 Å². The van der Waals surface area contributed by atoms with E-state index in [1.165, 1.54) is 6.07 Å². The molecule has 0 saturated heterocycles. The van der Waals surface area contributed by atoms with Crippen molar-refractivity contribution in [2.24, 2.45) is 0 Å². The van der Waals surface area contributed by atoms with Crippen LogP contribution in [0.3, 0.4) is 0 Å². The molecule has 0 aliphatic heterocycles. The number of aromatic nitrogens is 3. The largest absolute Gasteiger partial charge is 0.489 e. The van der Waals surface area contributed by atoms with Crippen LogP contribution in [0.25, 0.3) is 0 Å². The first-order chi connectivity index (χ1) is 16.2. The fraction of sp³-hybridized carbons (Fsp3) is 0.240. The average molecular weight is 483 g/mol. The van der Waals surface area contributed by atoms with E-state index < -0.39 is 11.7 Å². The van der Waals surface area contributed by atoms with Crippen molar-refractivity contribution < 1.29 is 18.4 Å². The molecule has 0 spiro atoms. The molecule has 1 amide bonds. The molecular formula is C25H24ClFN4O3. The molecule has 0 aliphatic carbocycles. The van der Waals surface area contributed by atoms with Gasteiger partial charge in [0, 0.05) is 22.3 Å². The van der Waals surface area contributed by atoms with Crippen LogP contribution in [0.5, 0.6) is 5.75 Å². The number of carbonyl (C=O) groups excluding carboxylic acids is 1. The van der Waals surface area contributed by atoms with Crippen LogP contribution >= 0.6 is 11.6 Å². The average Bonchev–Trinajstić information content (AvgIpc) is 3.30. The van der Waals surface area contributed by atoms with Crippen LogP contribution in [0.15, 0.2) is 47.0 Å². The molecule has 4 rings (SSSR count). The number of anilines is 1. The van der Waals surface area contributed by atoms with Crippen molar-refractivity contribution in [1.82, 2.24) is 14.9 Å². The van der Waals surface area contributed by atoms with Gasteiger partial charge in [-0.05, 0) is 63.1 Å². The number of ether oxygens (including phenoxy) is 1. The minimum absolute atomic E-state index is 0.117. The number of carbonyl (C=O) groups is 1. The summed E-state index contributed by atoms with van der Waals surface area (Å²) in [7, 11) is 0. The van der Waals surface area contributed by atoms with Gasteiger partial charge in [-0.2, -0.15) is 5.10 Å². The lowest BCUT2D eigenvalue weighted by Gasteiger charge is -2.09. The highest BCUT2D eigenvalue weighted by Crippen LogP contribution is 2.23. The number of halogens is 2. The number of amides is 1. The van der Waals surface area contributed by atoms with Gasteiger partial charge in [0.15, 0.2) is 11.5 Å². The SMILES string of the molecule is Cc1cc(C)cc(OCc2c(C(=O)Nc3cc(C)n(Cc4c(F)cccc4Cl)n3)noc2C)c1. The standard InChI is InChI=1S/C25H24ClFN4O3/c1-14-8-15(2)10-18(9-14)33-13-20-17(4)34-30-24(20)25(32)28-23-11-16(3)31(29-23)12-19-21(26)6-5-7-22(19)27/h5-11H,12-13H2,1-4H3,(H,28,29,32). The van der Waals surface area contributed by atoms with E-state index >= 15 is 0 Å². The highest BCUT2D eigenvalue weighted by molar-refractivity contribution is 6.31. The van der Waals surface area contributed by atoms with E-state index in [4.69, 9.17) is 20.9 Å². The maximum Gasteiger partial charge on any atom is 0.279 e. The summed E-state index contributed by atoms with van der Waals surface area (Å²) in [6.07, 6.45) is 0. The summed E-state index contributed by atoms with van der Waals surface area (Å²) in [5.74, 6) is 0.594. The van der Waals surface area contributed by atoms with Crippen molar-refractivity contribution in [1.29, 1.82) is 0 Å². The molecule has 2 heterocycles. The van der Waals surface area contributed by atoms with Crippen LogP contribution < -0.4 is 10.1 Å². The van der Waals surface area contributed by atoms with Gasteiger partial charge in [0.25, 0.3) is 5.91 Å². The number of nitrogens with one attached hydrogen (secondary N) is 1. The van der Waals surface area contributed by atoms with Gasteiger partial charge in [-0.3, -0.25) is 9.48 Å². The molecule has 4 aromatic rings. The van der Waals surface area contributed by atoms with E-state index in [1.807, 2.05) is 26.0 Å². The Balaban J connectivity index is 1.49. The Morgan fingerprint density at radius 3 is 2.56 bits per heavy atom. The molecule has 0 bridgehead atoms. The Morgan fingerprint density at radius 1 is 1.12 bits per heavy atom. The van der Waals surface area contributed by atoms with Gasteiger partial charge in [-0.25, -0.2) is 4.39 Å². The number of nitrogens with zero attached hydrogens (tertiary/aromatic N) is 3. The van der Waals surface area contributed by atoms with Gasteiger partial charge >= 0.3 is 0 Å². The second kappa shape index (κ2) is 9.69. The Bertz CT molecular complexity index is 1320. The molecule has 176 valence electrons. The van der Waals surface area contributed by atoms with E-state index in [1.54, 1.807) is 36.7 Å². The van der Waals surface area contributed by atoms with Crippen LogP contribution in [0, 0.1) is 33.5 Å². The zero-order valence-corrected chi connectivity index (χ0v) is 20.0. The zero-order chi connectivity index (χ0) is 24.4. The third kappa shape index (κ3) is 5.12. The lowest BCUT2D eigenvalue weighted by atomic mass is 10.1. The molecule has 1 N–H and O–H groups in total. The molecule has 2 aromatic heterocycles. The van der Waals surface area contributed by atoms with Crippen LogP contribution in [-0.2, 0) is 13.2 Å². The fourth-order valence-corrected chi connectivity index (χ4v) is 3.87. The van der Waals surface area contributed by atoms with Crippen molar-refractivity contribution in [3.63, 3.8) is 0 Å². The quantitative estimate of drug-likeness (QED) is 0.361. The second-order valence-electron chi connectivity index (χ2n) is 8.16. The van der Waals surface area contributed by atoms with Crippen molar-refractivity contribution in [3.05, 3.63) is 92.7 Å². The van der Waals surface area contributed by atoms with Gasteiger partial charge < -0.3 is 14.6 Å². The first-order valence-electron chi connectivity index (χ1n) is 10.7. The summed E-state index contributed by atoms with van der Waals surface area (Å²) in [4.78, 5) is 12.9. The molecule has 0 unspecified atom stereocenters. The first kappa shape index (κ1) is 23.5. The molecule has 34 heavy (non-hydrogen) atoms. The summed E-state index contributed by atoms with van der Waals surface area (Å²) < 4.78 is 26.9.